The molecule has 64 valence electrons. The Kier molecular flexibility index (Phi) is 1.63. The zero-order chi connectivity index (χ0) is 8.70. The second-order valence-electron chi connectivity index (χ2n) is 2.83. The number of carboxylic acid groups (broad SMARTS) is 1. The first kappa shape index (κ1) is 8.39. The monoisotopic (exact) mass is 165 g/mol. The Morgan fingerprint density at radius 2 is 2.00 bits per heavy atom. The van der Waals surface area contributed by atoms with E-state index in [0.29, 0.717) is 0 Å². The molecular weight excluding hydrogens is 156 g/mol. The SMILES string of the molecule is N[C@]1(C(=O)O)CCCC1(F)F. The van der Waals surface area contributed by atoms with Crippen LogP contribution in [0.1, 0.15) is 19.3 Å². The number of hydrogen-bond acceptors (Lipinski definition) is 2. The molecule has 1 atom stereocenters. The van der Waals surface area contributed by atoms with E-state index >= 15 is 0 Å². The van der Waals surface area contributed by atoms with E-state index in [0.717, 1.165) is 0 Å². The van der Waals surface area contributed by atoms with Crippen LogP contribution in [0.4, 0.5) is 8.78 Å². The minimum Gasteiger partial charge on any atom is -0.480 e. The number of rotatable bonds is 1. The number of aliphatic carboxylic acids is 1. The van der Waals surface area contributed by atoms with Crippen LogP contribution in [0.3, 0.4) is 0 Å². The summed E-state index contributed by atoms with van der Waals surface area (Å²) in [6.07, 6.45) is -0.388. The van der Waals surface area contributed by atoms with Crippen molar-refractivity contribution in [1.29, 1.82) is 0 Å². The summed E-state index contributed by atoms with van der Waals surface area (Å²) in [4.78, 5) is 10.3. The van der Waals surface area contributed by atoms with Gasteiger partial charge in [0.15, 0.2) is 5.54 Å². The van der Waals surface area contributed by atoms with Crippen LogP contribution in [0.25, 0.3) is 0 Å². The van der Waals surface area contributed by atoms with Gasteiger partial charge >= 0.3 is 5.97 Å². The minimum absolute atomic E-state index is 0.144. The van der Waals surface area contributed by atoms with Crippen molar-refractivity contribution in [2.24, 2.45) is 5.73 Å². The van der Waals surface area contributed by atoms with E-state index in [1.54, 1.807) is 0 Å². The first-order chi connectivity index (χ1) is 4.90. The van der Waals surface area contributed by atoms with Crippen LogP contribution in [0.2, 0.25) is 0 Å². The molecule has 1 saturated carbocycles. The Labute approximate surface area is 62.2 Å². The lowest BCUT2D eigenvalue weighted by Gasteiger charge is -2.25. The van der Waals surface area contributed by atoms with Crippen molar-refractivity contribution in [3.8, 4) is 0 Å². The normalized spacial score (nSPS) is 35.5. The van der Waals surface area contributed by atoms with Gasteiger partial charge in [-0.15, -0.1) is 0 Å². The molecule has 1 rings (SSSR count). The maximum Gasteiger partial charge on any atom is 0.329 e. The smallest absolute Gasteiger partial charge is 0.329 e. The standard InChI is InChI=1S/C6H9F2NO2/c7-6(8)3-1-2-5(6,9)4(10)11/h1-3,9H2,(H,10,11)/t5-/m0/s1. The van der Waals surface area contributed by atoms with Crippen molar-refractivity contribution in [2.75, 3.05) is 0 Å². The van der Waals surface area contributed by atoms with Crippen molar-refractivity contribution < 1.29 is 18.7 Å². The van der Waals surface area contributed by atoms with Crippen LogP contribution in [0, 0.1) is 0 Å². The molecule has 5 heteroatoms. The summed E-state index contributed by atoms with van der Waals surface area (Å²) in [6, 6.07) is 0. The predicted octanol–water partition coefficient (Wildman–Crippen LogP) is 0.588. The van der Waals surface area contributed by atoms with Gasteiger partial charge in [-0.05, 0) is 12.8 Å². The highest BCUT2D eigenvalue weighted by Gasteiger charge is 2.59. The molecule has 1 fully saturated rings. The second-order valence-corrected chi connectivity index (χ2v) is 2.83. The number of halogens is 2. The van der Waals surface area contributed by atoms with E-state index in [9.17, 15) is 13.6 Å². The zero-order valence-corrected chi connectivity index (χ0v) is 5.81. The first-order valence-electron chi connectivity index (χ1n) is 3.30. The van der Waals surface area contributed by atoms with Crippen LogP contribution in [0.5, 0.6) is 0 Å². The Hall–Kier alpha value is -0.710. The van der Waals surface area contributed by atoms with Crippen LogP contribution < -0.4 is 5.73 Å². The Morgan fingerprint density at radius 1 is 1.45 bits per heavy atom. The lowest BCUT2D eigenvalue weighted by Crippen LogP contribution is -2.57. The Morgan fingerprint density at radius 3 is 2.18 bits per heavy atom. The molecule has 3 N–H and O–H groups in total. The summed E-state index contributed by atoms with van der Waals surface area (Å²) in [7, 11) is 0. The summed E-state index contributed by atoms with van der Waals surface area (Å²) >= 11 is 0. The zero-order valence-electron chi connectivity index (χ0n) is 5.81. The van der Waals surface area contributed by atoms with Crippen LogP contribution in [-0.2, 0) is 4.79 Å². The molecule has 1 aliphatic rings. The maximum absolute atomic E-state index is 12.7. The highest BCUT2D eigenvalue weighted by atomic mass is 19.3. The van der Waals surface area contributed by atoms with E-state index in [2.05, 4.69) is 0 Å². The van der Waals surface area contributed by atoms with Gasteiger partial charge in [-0.25, -0.2) is 13.6 Å². The van der Waals surface area contributed by atoms with Gasteiger partial charge in [-0.3, -0.25) is 0 Å². The van der Waals surface area contributed by atoms with Gasteiger partial charge in [0.25, 0.3) is 5.92 Å². The summed E-state index contributed by atoms with van der Waals surface area (Å²) in [5, 5.41) is 8.40. The number of alkyl halides is 2. The van der Waals surface area contributed by atoms with Crippen molar-refractivity contribution in [3.63, 3.8) is 0 Å². The summed E-state index contributed by atoms with van der Waals surface area (Å²) in [5.74, 6) is -4.86. The average Bonchev–Trinajstić information content (AvgIpc) is 2.09. The molecule has 0 aliphatic heterocycles. The third kappa shape index (κ3) is 0.994. The molecule has 0 unspecified atom stereocenters. The van der Waals surface area contributed by atoms with Crippen molar-refractivity contribution in [2.45, 2.75) is 30.7 Å². The van der Waals surface area contributed by atoms with Gasteiger partial charge < -0.3 is 10.8 Å². The largest absolute Gasteiger partial charge is 0.480 e. The van der Waals surface area contributed by atoms with Crippen LogP contribution in [-0.4, -0.2) is 22.5 Å². The predicted molar refractivity (Wildman–Crippen MR) is 33.4 cm³/mol. The third-order valence-electron chi connectivity index (χ3n) is 2.10. The number of carbonyl (C=O) groups is 1. The van der Waals surface area contributed by atoms with Gasteiger partial charge in [0.2, 0.25) is 0 Å². The fourth-order valence-corrected chi connectivity index (χ4v) is 1.26. The Bertz CT molecular complexity index is 195. The number of hydrogen-bond donors (Lipinski definition) is 2. The molecule has 0 aromatic heterocycles. The van der Waals surface area contributed by atoms with E-state index in [-0.39, 0.29) is 12.8 Å². The molecule has 11 heavy (non-hydrogen) atoms. The average molecular weight is 165 g/mol. The maximum atomic E-state index is 12.7. The fraction of sp³-hybridized carbons (Fsp3) is 0.833. The van der Waals surface area contributed by atoms with Crippen LogP contribution >= 0.6 is 0 Å². The molecule has 0 heterocycles. The van der Waals surface area contributed by atoms with Gasteiger partial charge in [-0.1, -0.05) is 0 Å². The van der Waals surface area contributed by atoms with E-state index in [1.807, 2.05) is 0 Å². The quantitative estimate of drug-likeness (QED) is 0.597. The number of carboxylic acids is 1. The lowest BCUT2D eigenvalue weighted by atomic mass is 9.96. The minimum atomic E-state index is -3.25. The molecule has 0 aromatic carbocycles. The highest BCUT2D eigenvalue weighted by molar-refractivity contribution is 5.80. The topological polar surface area (TPSA) is 63.3 Å². The molecule has 0 aromatic rings. The molecule has 0 bridgehead atoms. The molecule has 0 amide bonds. The summed E-state index contributed by atoms with van der Waals surface area (Å²) in [6.45, 7) is 0. The van der Waals surface area contributed by atoms with E-state index < -0.39 is 23.9 Å². The van der Waals surface area contributed by atoms with Crippen LogP contribution in [0.15, 0.2) is 0 Å². The summed E-state index contributed by atoms with van der Waals surface area (Å²) in [5.41, 5.74) is 2.70. The summed E-state index contributed by atoms with van der Waals surface area (Å²) < 4.78 is 25.5. The third-order valence-corrected chi connectivity index (χ3v) is 2.10. The lowest BCUT2D eigenvalue weighted by molar-refractivity contribution is -0.157. The van der Waals surface area contributed by atoms with Crippen molar-refractivity contribution in [1.82, 2.24) is 0 Å². The molecule has 1 aliphatic carbocycles. The molecular formula is C6H9F2NO2. The number of nitrogens with two attached hydrogens (primary N) is 1. The highest BCUT2D eigenvalue weighted by Crippen LogP contribution is 2.41. The van der Waals surface area contributed by atoms with E-state index in [1.165, 1.54) is 0 Å². The van der Waals surface area contributed by atoms with Gasteiger partial charge in [0.05, 0.1) is 0 Å². The Balaban J connectivity index is 2.93. The van der Waals surface area contributed by atoms with Crippen molar-refractivity contribution >= 4 is 5.97 Å². The molecule has 0 radical (unpaired) electrons. The van der Waals surface area contributed by atoms with E-state index in [4.69, 9.17) is 10.8 Å². The van der Waals surface area contributed by atoms with Gasteiger partial charge in [-0.2, -0.15) is 0 Å². The van der Waals surface area contributed by atoms with Crippen molar-refractivity contribution in [3.05, 3.63) is 0 Å². The first-order valence-corrected chi connectivity index (χ1v) is 3.30. The van der Waals surface area contributed by atoms with Gasteiger partial charge in [0, 0.05) is 6.42 Å². The molecule has 3 nitrogen and oxygen atoms in total. The second kappa shape index (κ2) is 2.14. The van der Waals surface area contributed by atoms with Gasteiger partial charge in [0.1, 0.15) is 0 Å². The molecule has 0 saturated heterocycles. The molecule has 0 spiro atoms. The fourth-order valence-electron chi connectivity index (χ4n) is 1.26.